The molecule has 0 fully saturated rings. The van der Waals surface area contributed by atoms with E-state index in [1.807, 2.05) is 6.07 Å². The van der Waals surface area contributed by atoms with Gasteiger partial charge < -0.3 is 5.73 Å². The van der Waals surface area contributed by atoms with E-state index in [4.69, 9.17) is 5.73 Å². The van der Waals surface area contributed by atoms with E-state index in [1.165, 1.54) is 6.07 Å². The van der Waals surface area contributed by atoms with Crippen LogP contribution in [0.5, 0.6) is 0 Å². The minimum absolute atomic E-state index is 0.0404. The maximum absolute atomic E-state index is 11.3. The average molecular weight is 343 g/mol. The molecule has 2 aromatic rings. The number of hydrogen-bond acceptors (Lipinski definition) is 6. The molecule has 1 aliphatic rings. The molecule has 0 spiro atoms. The van der Waals surface area contributed by atoms with E-state index in [2.05, 4.69) is 11.1 Å². The number of anilines is 1. The van der Waals surface area contributed by atoms with E-state index >= 15 is 0 Å². The number of nitriles is 2. The second-order valence-electron chi connectivity index (χ2n) is 5.82. The summed E-state index contributed by atoms with van der Waals surface area (Å²) < 4.78 is 0. The molecule has 3 rings (SSSR count). The molecule has 2 N–H and O–H groups in total. The smallest absolute Gasteiger partial charge is 0.276 e. The van der Waals surface area contributed by atoms with E-state index in [1.54, 1.807) is 38.1 Å². The van der Waals surface area contributed by atoms with Crippen LogP contribution in [0.2, 0.25) is 0 Å². The Morgan fingerprint density at radius 1 is 1.23 bits per heavy atom. The van der Waals surface area contributed by atoms with Crippen LogP contribution >= 0.6 is 0 Å². The highest BCUT2D eigenvalue weighted by Gasteiger charge is 2.30. The van der Waals surface area contributed by atoms with Crippen molar-refractivity contribution in [2.75, 3.05) is 5.73 Å². The third-order valence-electron chi connectivity index (χ3n) is 4.42. The maximum atomic E-state index is 11.3. The number of rotatable bonds is 2. The fourth-order valence-corrected chi connectivity index (χ4v) is 3.13. The lowest BCUT2D eigenvalue weighted by atomic mass is 9.95. The Kier molecular flexibility index (Phi) is 3.99. The van der Waals surface area contributed by atoms with Crippen LogP contribution in [0, 0.1) is 39.7 Å². The van der Waals surface area contributed by atoms with E-state index in [0.717, 1.165) is 0 Å². The predicted molar refractivity (Wildman–Crippen MR) is 97.3 cm³/mol. The van der Waals surface area contributed by atoms with Crippen molar-refractivity contribution in [1.29, 1.82) is 10.5 Å². The van der Waals surface area contributed by atoms with Crippen LogP contribution in [0.1, 0.15) is 34.9 Å². The molecule has 0 unspecified atom stereocenters. The van der Waals surface area contributed by atoms with Crippen LogP contribution in [-0.4, -0.2) is 9.91 Å². The number of hydrogen-bond donors (Lipinski definition) is 1. The van der Waals surface area contributed by atoms with Gasteiger partial charge in [-0.15, -0.1) is 0 Å². The summed E-state index contributed by atoms with van der Waals surface area (Å²) in [5, 5.41) is 30.2. The summed E-state index contributed by atoms with van der Waals surface area (Å²) in [5.41, 5.74) is 9.71. The Hall–Kier alpha value is -3.97. The summed E-state index contributed by atoms with van der Waals surface area (Å²) in [6.07, 6.45) is 1.66. The molecule has 1 heterocycles. The number of pyridine rings is 1. The van der Waals surface area contributed by atoms with Crippen molar-refractivity contribution in [2.45, 2.75) is 13.8 Å². The van der Waals surface area contributed by atoms with Gasteiger partial charge in [0.25, 0.3) is 5.69 Å². The van der Waals surface area contributed by atoms with Gasteiger partial charge in [0.1, 0.15) is 18.0 Å². The normalized spacial score (nSPS) is 14.1. The summed E-state index contributed by atoms with van der Waals surface area (Å²) in [5.74, 6) is 0.0660. The molecular weight excluding hydrogens is 330 g/mol. The molecule has 0 aliphatic heterocycles. The number of nitrogens with two attached hydrogens (primary N) is 1. The standard InChI is InChI=1S/C19H13N5O2/c1-10-13(7-12-5-3-4-6-16(12)24(25)26)17-11(2)15(9-21)19(22)23-18(17)14(10)8-20/h3-7H,1-2H3,(H2,22,23). The Morgan fingerprint density at radius 2 is 1.92 bits per heavy atom. The molecule has 0 amide bonds. The first-order chi connectivity index (χ1) is 12.4. The van der Waals surface area contributed by atoms with Crippen molar-refractivity contribution >= 4 is 28.7 Å². The second-order valence-corrected chi connectivity index (χ2v) is 5.82. The van der Waals surface area contributed by atoms with Crippen LogP contribution in [0.25, 0.3) is 17.2 Å². The van der Waals surface area contributed by atoms with Gasteiger partial charge >= 0.3 is 0 Å². The maximum Gasteiger partial charge on any atom is 0.276 e. The monoisotopic (exact) mass is 343 g/mol. The van der Waals surface area contributed by atoms with Crippen molar-refractivity contribution in [2.24, 2.45) is 0 Å². The van der Waals surface area contributed by atoms with Crippen molar-refractivity contribution < 1.29 is 4.92 Å². The number of nitrogen functional groups attached to an aromatic ring is 1. The van der Waals surface area contributed by atoms with E-state index in [-0.39, 0.29) is 17.1 Å². The molecule has 0 bridgehead atoms. The third-order valence-corrected chi connectivity index (χ3v) is 4.42. The third kappa shape index (κ3) is 2.40. The number of allylic oxidation sites excluding steroid dienone is 3. The van der Waals surface area contributed by atoms with Gasteiger partial charge in [-0.05, 0) is 42.7 Å². The molecule has 0 atom stereocenters. The van der Waals surface area contributed by atoms with Crippen LogP contribution in [0.4, 0.5) is 11.5 Å². The molecule has 7 nitrogen and oxygen atoms in total. The summed E-state index contributed by atoms with van der Waals surface area (Å²) >= 11 is 0. The molecular formula is C19H13N5O2. The summed E-state index contributed by atoms with van der Waals surface area (Å²) in [6, 6.07) is 10.5. The highest BCUT2D eigenvalue weighted by molar-refractivity contribution is 6.09. The number of fused-ring (bicyclic) bond motifs is 1. The molecule has 0 saturated heterocycles. The van der Waals surface area contributed by atoms with Crippen molar-refractivity contribution in [3.05, 3.63) is 67.9 Å². The zero-order valence-corrected chi connectivity index (χ0v) is 14.1. The number of nitrogens with zero attached hydrogens (tertiary/aromatic N) is 4. The van der Waals surface area contributed by atoms with Gasteiger partial charge in [0.2, 0.25) is 0 Å². The molecule has 126 valence electrons. The first-order valence-electron chi connectivity index (χ1n) is 7.68. The Bertz CT molecular complexity index is 1110. The van der Waals surface area contributed by atoms with Crippen LogP contribution in [0.15, 0.2) is 29.8 Å². The molecule has 0 radical (unpaired) electrons. The highest BCUT2D eigenvalue weighted by atomic mass is 16.6. The number of benzene rings is 1. The van der Waals surface area contributed by atoms with Gasteiger partial charge in [0, 0.05) is 11.6 Å². The van der Waals surface area contributed by atoms with Crippen molar-refractivity contribution in [3.8, 4) is 12.1 Å². The molecule has 0 saturated carbocycles. The van der Waals surface area contributed by atoms with Crippen LogP contribution in [0.3, 0.4) is 0 Å². The molecule has 1 aromatic heterocycles. The lowest BCUT2D eigenvalue weighted by Gasteiger charge is -2.11. The Morgan fingerprint density at radius 3 is 2.54 bits per heavy atom. The molecule has 7 heteroatoms. The fraction of sp³-hybridized carbons (Fsp3) is 0.105. The van der Waals surface area contributed by atoms with Gasteiger partial charge in [0.15, 0.2) is 0 Å². The van der Waals surface area contributed by atoms with E-state index in [9.17, 15) is 20.6 Å². The van der Waals surface area contributed by atoms with Crippen LogP contribution in [-0.2, 0) is 0 Å². The SMILES string of the molecule is CC1=C(C#N)c2nc(N)c(C#N)c(C)c2C1=Cc1ccccc1[N+](=O)[O-]. The van der Waals surface area contributed by atoms with Gasteiger partial charge in [-0.25, -0.2) is 4.98 Å². The first kappa shape index (κ1) is 16.9. The van der Waals surface area contributed by atoms with Crippen molar-refractivity contribution in [3.63, 3.8) is 0 Å². The Labute approximate surface area is 149 Å². The average Bonchev–Trinajstić information content (AvgIpc) is 2.87. The quantitative estimate of drug-likeness (QED) is 0.655. The number of aromatic nitrogens is 1. The summed E-state index contributed by atoms with van der Waals surface area (Å²) in [4.78, 5) is 15.1. The lowest BCUT2D eigenvalue weighted by Crippen LogP contribution is -2.03. The first-order valence-corrected chi connectivity index (χ1v) is 7.68. The van der Waals surface area contributed by atoms with Crippen LogP contribution < -0.4 is 5.73 Å². The molecule has 26 heavy (non-hydrogen) atoms. The number of nitro benzene ring substituents is 1. The largest absolute Gasteiger partial charge is 0.383 e. The van der Waals surface area contributed by atoms with Gasteiger partial charge in [-0.1, -0.05) is 12.1 Å². The summed E-state index contributed by atoms with van der Waals surface area (Å²) in [7, 11) is 0. The highest BCUT2D eigenvalue weighted by Crippen LogP contribution is 2.44. The molecule has 1 aromatic carbocycles. The predicted octanol–water partition coefficient (Wildman–Crippen LogP) is 3.60. The fourth-order valence-electron chi connectivity index (χ4n) is 3.13. The second kappa shape index (κ2) is 6.15. The zero-order valence-electron chi connectivity index (χ0n) is 14.1. The minimum Gasteiger partial charge on any atom is -0.383 e. The summed E-state index contributed by atoms with van der Waals surface area (Å²) in [6.45, 7) is 3.48. The minimum atomic E-state index is -0.457. The zero-order chi connectivity index (χ0) is 19.0. The lowest BCUT2D eigenvalue weighted by molar-refractivity contribution is -0.385. The van der Waals surface area contributed by atoms with Gasteiger partial charge in [0.05, 0.1) is 27.3 Å². The number of para-hydroxylation sites is 1. The van der Waals surface area contributed by atoms with Gasteiger partial charge in [-0.3, -0.25) is 10.1 Å². The molecule has 1 aliphatic carbocycles. The number of nitro groups is 1. The van der Waals surface area contributed by atoms with E-state index in [0.29, 0.717) is 39.1 Å². The van der Waals surface area contributed by atoms with E-state index < -0.39 is 4.92 Å². The Balaban J connectivity index is 2.37. The van der Waals surface area contributed by atoms with Crippen molar-refractivity contribution in [1.82, 2.24) is 4.98 Å². The topological polar surface area (TPSA) is 130 Å². The van der Waals surface area contributed by atoms with Gasteiger partial charge in [-0.2, -0.15) is 10.5 Å².